The molecule has 3 saturated heterocycles. The monoisotopic (exact) mass is 558 g/mol. The number of nitrogens with zero attached hydrogens (tertiary/aromatic N) is 8. The Balaban J connectivity index is 0.904. The van der Waals surface area contributed by atoms with E-state index < -0.39 is 0 Å². The number of pyridine rings is 1. The average molecular weight is 559 g/mol. The smallest absolute Gasteiger partial charge is 0.163 e. The van der Waals surface area contributed by atoms with Crippen LogP contribution in [0.25, 0.3) is 17.1 Å². The number of rotatable bonds is 7. The van der Waals surface area contributed by atoms with Crippen LogP contribution >= 0.6 is 0 Å². The van der Waals surface area contributed by atoms with Crippen molar-refractivity contribution in [2.24, 2.45) is 0 Å². The topological polar surface area (TPSA) is 104 Å². The Morgan fingerprint density at radius 3 is 2.55 bits per heavy atom. The lowest BCUT2D eigenvalue weighted by atomic mass is 9.86. The SMILES string of the molecule is Cc1cc(Nc2cc(C)[nH]n2)nc(-c2ccc(N3CC4CC(C3)N4Cc3ccc(-n4cc5c(n4)CCC5)cc3)nc2)n1. The number of fused-ring (bicyclic) bond motifs is 3. The van der Waals surface area contributed by atoms with Gasteiger partial charge < -0.3 is 10.2 Å². The molecule has 2 unspecified atom stereocenters. The number of hydrogen-bond donors (Lipinski definition) is 2. The fraction of sp³-hybridized carbons (Fsp3) is 0.344. The maximum absolute atomic E-state index is 4.83. The van der Waals surface area contributed by atoms with E-state index >= 15 is 0 Å². The van der Waals surface area contributed by atoms with Crippen molar-refractivity contribution in [1.82, 2.24) is 39.8 Å². The molecule has 5 aromatic rings. The summed E-state index contributed by atoms with van der Waals surface area (Å²) in [5.74, 6) is 3.11. The number of H-pyrrole nitrogens is 1. The van der Waals surface area contributed by atoms with Gasteiger partial charge in [-0.15, -0.1) is 0 Å². The Labute approximate surface area is 244 Å². The summed E-state index contributed by atoms with van der Waals surface area (Å²) in [4.78, 5) is 19.3. The molecule has 2 N–H and O–H groups in total. The highest BCUT2D eigenvalue weighted by atomic mass is 15.4. The van der Waals surface area contributed by atoms with Crippen LogP contribution < -0.4 is 10.2 Å². The molecule has 3 aliphatic heterocycles. The molecule has 7 heterocycles. The second-order valence-electron chi connectivity index (χ2n) is 11.9. The van der Waals surface area contributed by atoms with Gasteiger partial charge in [-0.25, -0.2) is 19.6 Å². The quantitative estimate of drug-likeness (QED) is 0.295. The molecule has 0 amide bonds. The van der Waals surface area contributed by atoms with Gasteiger partial charge in [0.15, 0.2) is 11.6 Å². The zero-order valence-electron chi connectivity index (χ0n) is 24.0. The third kappa shape index (κ3) is 4.71. The Kier molecular flexibility index (Phi) is 6.03. The number of piperazine rings is 1. The van der Waals surface area contributed by atoms with E-state index in [-0.39, 0.29) is 0 Å². The highest BCUT2D eigenvalue weighted by molar-refractivity contribution is 5.61. The summed E-state index contributed by atoms with van der Waals surface area (Å²) < 4.78 is 2.05. The summed E-state index contributed by atoms with van der Waals surface area (Å²) in [7, 11) is 0. The molecule has 42 heavy (non-hydrogen) atoms. The van der Waals surface area contributed by atoms with Crippen molar-refractivity contribution >= 4 is 17.5 Å². The van der Waals surface area contributed by atoms with Crippen LogP contribution in [0.2, 0.25) is 0 Å². The molecule has 10 heteroatoms. The van der Waals surface area contributed by atoms with Crippen molar-refractivity contribution in [3.63, 3.8) is 0 Å². The lowest BCUT2D eigenvalue weighted by Gasteiger charge is -2.56. The Hall–Kier alpha value is -4.57. The van der Waals surface area contributed by atoms with Crippen molar-refractivity contribution in [3.05, 3.63) is 89.1 Å². The maximum Gasteiger partial charge on any atom is 0.163 e. The van der Waals surface area contributed by atoms with E-state index in [0.717, 1.165) is 66.8 Å². The maximum atomic E-state index is 4.83. The number of aromatic nitrogens is 7. The Bertz CT molecular complexity index is 1700. The first kappa shape index (κ1) is 25.2. The van der Waals surface area contributed by atoms with E-state index in [2.05, 4.69) is 72.9 Å². The second-order valence-corrected chi connectivity index (χ2v) is 11.9. The highest BCUT2D eigenvalue weighted by Gasteiger charge is 2.44. The molecular weight excluding hydrogens is 524 g/mol. The normalized spacial score (nSPS) is 19.5. The number of aromatic amines is 1. The fourth-order valence-electron chi connectivity index (χ4n) is 6.62. The number of benzene rings is 1. The summed E-state index contributed by atoms with van der Waals surface area (Å²) in [6.07, 6.45) is 8.87. The second kappa shape index (κ2) is 10.1. The van der Waals surface area contributed by atoms with Crippen LogP contribution in [-0.4, -0.2) is 65.0 Å². The summed E-state index contributed by atoms with van der Waals surface area (Å²) in [6, 6.07) is 18.1. The van der Waals surface area contributed by atoms with Crippen LogP contribution in [0.4, 0.5) is 17.5 Å². The Morgan fingerprint density at radius 2 is 1.81 bits per heavy atom. The fourth-order valence-corrected chi connectivity index (χ4v) is 6.62. The molecule has 4 aliphatic rings. The molecule has 1 aliphatic carbocycles. The molecule has 2 atom stereocenters. The van der Waals surface area contributed by atoms with E-state index in [4.69, 9.17) is 15.1 Å². The minimum absolute atomic E-state index is 0.554. The van der Waals surface area contributed by atoms with E-state index in [9.17, 15) is 0 Å². The molecule has 1 aromatic carbocycles. The lowest BCUT2D eigenvalue weighted by molar-refractivity contribution is -0.00867. The molecule has 9 rings (SSSR count). The van der Waals surface area contributed by atoms with E-state index in [1.54, 1.807) is 0 Å². The van der Waals surface area contributed by atoms with Crippen molar-refractivity contribution < 1.29 is 0 Å². The van der Waals surface area contributed by atoms with Crippen LogP contribution in [0.3, 0.4) is 0 Å². The molecule has 0 saturated carbocycles. The van der Waals surface area contributed by atoms with Gasteiger partial charge in [0.1, 0.15) is 11.6 Å². The third-order valence-electron chi connectivity index (χ3n) is 8.79. The van der Waals surface area contributed by atoms with Gasteiger partial charge in [0.2, 0.25) is 0 Å². The van der Waals surface area contributed by atoms with Gasteiger partial charge in [-0.1, -0.05) is 12.1 Å². The van der Waals surface area contributed by atoms with Gasteiger partial charge in [0, 0.05) is 73.2 Å². The van der Waals surface area contributed by atoms with Crippen LogP contribution in [0.15, 0.2) is 60.9 Å². The van der Waals surface area contributed by atoms with Gasteiger partial charge >= 0.3 is 0 Å². The highest BCUT2D eigenvalue weighted by Crippen LogP contribution is 2.36. The first-order valence-electron chi connectivity index (χ1n) is 14.8. The zero-order valence-corrected chi connectivity index (χ0v) is 24.0. The summed E-state index contributed by atoms with van der Waals surface area (Å²) >= 11 is 0. The van der Waals surface area contributed by atoms with Gasteiger partial charge in [0.05, 0.1) is 11.4 Å². The van der Waals surface area contributed by atoms with Crippen LogP contribution in [-0.2, 0) is 19.4 Å². The zero-order chi connectivity index (χ0) is 28.2. The van der Waals surface area contributed by atoms with Gasteiger partial charge in [-0.05, 0) is 74.9 Å². The van der Waals surface area contributed by atoms with Crippen molar-refractivity contribution in [2.75, 3.05) is 23.3 Å². The van der Waals surface area contributed by atoms with Crippen molar-refractivity contribution in [3.8, 4) is 17.1 Å². The lowest BCUT2D eigenvalue weighted by Crippen LogP contribution is -2.68. The molecule has 4 aromatic heterocycles. The molecule has 212 valence electrons. The van der Waals surface area contributed by atoms with Gasteiger partial charge in [-0.3, -0.25) is 10.00 Å². The van der Waals surface area contributed by atoms with Crippen LogP contribution in [0.1, 0.15) is 41.1 Å². The summed E-state index contributed by atoms with van der Waals surface area (Å²) in [5, 5.41) is 15.2. The van der Waals surface area contributed by atoms with Crippen molar-refractivity contribution in [1.29, 1.82) is 0 Å². The molecule has 10 nitrogen and oxygen atoms in total. The van der Waals surface area contributed by atoms with Gasteiger partial charge in [0.25, 0.3) is 0 Å². The largest absolute Gasteiger partial charge is 0.353 e. The molecule has 0 spiro atoms. The molecule has 3 fully saturated rings. The van der Waals surface area contributed by atoms with E-state index in [0.29, 0.717) is 23.7 Å². The summed E-state index contributed by atoms with van der Waals surface area (Å²) in [6.45, 7) is 6.93. The van der Waals surface area contributed by atoms with Crippen molar-refractivity contribution in [2.45, 2.75) is 58.2 Å². The van der Waals surface area contributed by atoms with Crippen LogP contribution in [0.5, 0.6) is 0 Å². The van der Waals surface area contributed by atoms with Crippen LogP contribution in [0, 0.1) is 13.8 Å². The minimum Gasteiger partial charge on any atom is -0.353 e. The molecular formula is C32H34N10. The predicted octanol–water partition coefficient (Wildman–Crippen LogP) is 4.76. The number of nitrogens with one attached hydrogen (secondary N) is 2. The number of anilines is 3. The standard InChI is InChI=1S/C32H34N10/c1-20-12-29(35-30-13-21(2)37-38-30)36-32(34-20)23-8-11-31(33-15-23)40-18-26-14-27(19-40)41(26)16-22-6-9-25(10-7-22)42-17-24-4-3-5-28(24)39-42/h6-13,15,17,26-27H,3-5,14,16,18-19H2,1-2H3,(H2,34,35,36,37,38). The Morgan fingerprint density at radius 1 is 0.952 bits per heavy atom. The number of aryl methyl sites for hydroxylation is 4. The number of hydrogen-bond acceptors (Lipinski definition) is 8. The summed E-state index contributed by atoms with van der Waals surface area (Å²) in [5.41, 5.74) is 7.96. The first-order chi connectivity index (χ1) is 20.5. The third-order valence-corrected chi connectivity index (χ3v) is 8.79. The van der Waals surface area contributed by atoms with E-state index in [1.807, 2.05) is 36.9 Å². The molecule has 0 radical (unpaired) electrons. The predicted molar refractivity (Wildman–Crippen MR) is 162 cm³/mol. The number of piperidine rings is 1. The molecule has 2 bridgehead atoms. The van der Waals surface area contributed by atoms with Gasteiger partial charge in [-0.2, -0.15) is 10.2 Å². The minimum atomic E-state index is 0.554. The average Bonchev–Trinajstić information content (AvgIpc) is 3.73. The first-order valence-corrected chi connectivity index (χ1v) is 14.8. The van der Waals surface area contributed by atoms with E-state index in [1.165, 1.54) is 29.7 Å².